The first-order chi connectivity index (χ1) is 12.3. The third-order valence-corrected chi connectivity index (χ3v) is 3.99. The third kappa shape index (κ3) is 3.74. The number of fused-ring (bicyclic) bond motifs is 1. The zero-order valence-electron chi connectivity index (χ0n) is 12.6. The monoisotopic (exact) mass is 389 g/mol. The van der Waals surface area contributed by atoms with Gasteiger partial charge < -0.3 is 5.32 Å². The number of hydrogen-bond acceptors (Lipinski definition) is 5. The van der Waals surface area contributed by atoms with E-state index in [4.69, 9.17) is 0 Å². The molecule has 0 fully saturated rings. The molecule has 0 bridgehead atoms. The van der Waals surface area contributed by atoms with Gasteiger partial charge in [-0.3, -0.25) is 4.79 Å². The summed E-state index contributed by atoms with van der Waals surface area (Å²) in [5.41, 5.74) is -0.709. The molecular weight excluding hydrogens is 381 g/mol. The van der Waals surface area contributed by atoms with Crippen LogP contribution in [0.5, 0.6) is 0 Å². The van der Waals surface area contributed by atoms with Crippen LogP contribution >= 0.6 is 11.8 Å². The molecule has 1 amide bonds. The summed E-state index contributed by atoms with van der Waals surface area (Å²) < 4.78 is 65.9. The van der Waals surface area contributed by atoms with Crippen LogP contribution in [0.25, 0.3) is 5.65 Å². The molecule has 2 heterocycles. The molecule has 0 radical (unpaired) electrons. The van der Waals surface area contributed by atoms with Gasteiger partial charge in [-0.25, -0.2) is 8.78 Å². The van der Waals surface area contributed by atoms with E-state index in [1.165, 1.54) is 12.1 Å². The number of benzene rings is 1. The summed E-state index contributed by atoms with van der Waals surface area (Å²) in [6, 6.07) is 5.71. The fraction of sp³-hybridized carbons (Fsp3) is 0.143. The highest BCUT2D eigenvalue weighted by atomic mass is 32.2. The summed E-state index contributed by atoms with van der Waals surface area (Å²) >= 11 is 0.785. The van der Waals surface area contributed by atoms with E-state index >= 15 is 0 Å². The Kier molecular flexibility index (Phi) is 4.76. The second-order valence-corrected chi connectivity index (χ2v) is 5.89. The van der Waals surface area contributed by atoms with Crippen molar-refractivity contribution in [3.63, 3.8) is 0 Å². The molecule has 0 spiro atoms. The maximum absolute atomic E-state index is 13.5. The van der Waals surface area contributed by atoms with Crippen molar-refractivity contribution in [3.8, 4) is 0 Å². The second kappa shape index (κ2) is 6.86. The lowest BCUT2D eigenvalue weighted by Crippen LogP contribution is -2.16. The molecule has 0 saturated carbocycles. The minimum absolute atomic E-state index is 0.0759. The first kappa shape index (κ1) is 18.0. The SMILES string of the molecule is O=C(CSc1ccc2nnc(C(F)(F)F)n2n1)Nc1c(F)cccc1F. The fourth-order valence-electron chi connectivity index (χ4n) is 1.96. The first-order valence-corrected chi connectivity index (χ1v) is 7.90. The van der Waals surface area contributed by atoms with E-state index in [1.54, 1.807) is 0 Å². The summed E-state index contributed by atoms with van der Waals surface area (Å²) in [5, 5.41) is 12.3. The summed E-state index contributed by atoms with van der Waals surface area (Å²) in [4.78, 5) is 11.8. The zero-order valence-corrected chi connectivity index (χ0v) is 13.4. The number of nitrogens with zero attached hydrogens (tertiary/aromatic N) is 4. The van der Waals surface area contributed by atoms with Gasteiger partial charge in [0.2, 0.25) is 5.91 Å². The van der Waals surface area contributed by atoms with Crippen molar-refractivity contribution in [1.29, 1.82) is 0 Å². The van der Waals surface area contributed by atoms with Gasteiger partial charge in [-0.1, -0.05) is 17.8 Å². The topological polar surface area (TPSA) is 72.2 Å². The van der Waals surface area contributed by atoms with Gasteiger partial charge in [0.15, 0.2) is 5.65 Å². The Morgan fingerprint density at radius 1 is 1.12 bits per heavy atom. The lowest BCUT2D eigenvalue weighted by atomic mass is 10.3. The van der Waals surface area contributed by atoms with Gasteiger partial charge in [0.05, 0.1) is 5.75 Å². The Labute approximate surface area is 146 Å². The average Bonchev–Trinajstić information content (AvgIpc) is 3.00. The van der Waals surface area contributed by atoms with Crippen LogP contribution in [-0.2, 0) is 11.0 Å². The number of alkyl halides is 3. The molecule has 0 unspecified atom stereocenters. The highest BCUT2D eigenvalue weighted by molar-refractivity contribution is 7.99. The number of para-hydroxylation sites is 1. The molecule has 0 aliphatic rings. The molecule has 1 aromatic carbocycles. The van der Waals surface area contributed by atoms with Crippen LogP contribution in [0.3, 0.4) is 0 Å². The average molecular weight is 389 g/mol. The van der Waals surface area contributed by atoms with Crippen LogP contribution in [0.1, 0.15) is 5.82 Å². The van der Waals surface area contributed by atoms with E-state index < -0.39 is 35.2 Å². The zero-order chi connectivity index (χ0) is 18.9. The third-order valence-electron chi connectivity index (χ3n) is 3.07. The van der Waals surface area contributed by atoms with E-state index in [2.05, 4.69) is 20.6 Å². The standard InChI is InChI=1S/C14H8F5N5OS/c15-7-2-1-3-8(16)12(7)20-10(25)6-26-11-5-4-9-21-22-13(14(17,18)19)24(9)23-11/h1-5H,6H2,(H,20,25). The second-order valence-electron chi connectivity index (χ2n) is 4.90. The molecule has 2 aromatic heterocycles. The number of aromatic nitrogens is 4. The number of carbonyl (C=O) groups is 1. The molecule has 0 aliphatic heterocycles. The maximum atomic E-state index is 13.5. The van der Waals surface area contributed by atoms with E-state index in [0.717, 1.165) is 30.0 Å². The Balaban J connectivity index is 1.72. The molecule has 26 heavy (non-hydrogen) atoms. The van der Waals surface area contributed by atoms with Crippen molar-refractivity contribution >= 4 is 29.0 Å². The van der Waals surface area contributed by atoms with E-state index in [0.29, 0.717) is 4.52 Å². The normalized spacial score (nSPS) is 11.7. The molecule has 12 heteroatoms. The number of hydrogen-bond donors (Lipinski definition) is 1. The molecule has 136 valence electrons. The largest absolute Gasteiger partial charge is 0.453 e. The first-order valence-electron chi connectivity index (χ1n) is 6.92. The van der Waals surface area contributed by atoms with Gasteiger partial charge >= 0.3 is 6.18 Å². The Morgan fingerprint density at radius 2 is 1.81 bits per heavy atom. The predicted molar refractivity (Wildman–Crippen MR) is 81.5 cm³/mol. The summed E-state index contributed by atoms with van der Waals surface area (Å²) in [6.45, 7) is 0. The number of carbonyl (C=O) groups excluding carboxylic acids is 1. The lowest BCUT2D eigenvalue weighted by Gasteiger charge is -2.07. The van der Waals surface area contributed by atoms with Crippen molar-refractivity contribution in [3.05, 3.63) is 47.8 Å². The summed E-state index contributed by atoms with van der Waals surface area (Å²) in [5.74, 6) is -4.26. The number of amides is 1. The van der Waals surface area contributed by atoms with Gasteiger partial charge in [0, 0.05) is 0 Å². The maximum Gasteiger partial charge on any atom is 0.453 e. The quantitative estimate of drug-likeness (QED) is 0.548. The molecule has 0 aliphatic carbocycles. The molecule has 3 aromatic rings. The van der Waals surface area contributed by atoms with Crippen molar-refractivity contribution in [2.24, 2.45) is 0 Å². The van der Waals surface area contributed by atoms with Gasteiger partial charge in [0.1, 0.15) is 22.3 Å². The van der Waals surface area contributed by atoms with Crippen molar-refractivity contribution in [2.75, 3.05) is 11.1 Å². The van der Waals surface area contributed by atoms with Crippen LogP contribution in [0, 0.1) is 11.6 Å². The Hall–Kier alpha value is -2.76. The van der Waals surface area contributed by atoms with E-state index in [1.807, 2.05) is 0 Å². The van der Waals surface area contributed by atoms with Crippen molar-refractivity contribution in [2.45, 2.75) is 11.2 Å². The van der Waals surface area contributed by atoms with Crippen LogP contribution < -0.4 is 5.32 Å². The van der Waals surface area contributed by atoms with Crippen LogP contribution in [0.2, 0.25) is 0 Å². The molecule has 0 saturated heterocycles. The van der Waals surface area contributed by atoms with Gasteiger partial charge in [-0.15, -0.1) is 10.2 Å². The summed E-state index contributed by atoms with van der Waals surface area (Å²) in [6.07, 6.45) is -4.74. The van der Waals surface area contributed by atoms with E-state index in [9.17, 15) is 26.7 Å². The van der Waals surface area contributed by atoms with Gasteiger partial charge in [0.25, 0.3) is 5.82 Å². The van der Waals surface area contributed by atoms with Crippen molar-refractivity contribution in [1.82, 2.24) is 19.8 Å². The van der Waals surface area contributed by atoms with E-state index in [-0.39, 0.29) is 16.4 Å². The van der Waals surface area contributed by atoms with Gasteiger partial charge in [-0.2, -0.15) is 22.8 Å². The number of anilines is 1. The predicted octanol–water partition coefficient (Wildman–Crippen LogP) is 3.15. The number of halogens is 5. The summed E-state index contributed by atoms with van der Waals surface area (Å²) in [7, 11) is 0. The number of rotatable bonds is 4. The molecular formula is C14H8F5N5OS. The van der Waals surface area contributed by atoms with Gasteiger partial charge in [-0.05, 0) is 24.3 Å². The molecule has 0 atom stereocenters. The highest BCUT2D eigenvalue weighted by Gasteiger charge is 2.37. The Bertz CT molecular complexity index is 954. The molecule has 1 N–H and O–H groups in total. The van der Waals surface area contributed by atoms with Crippen LogP contribution in [0.15, 0.2) is 35.4 Å². The van der Waals surface area contributed by atoms with Crippen LogP contribution in [0.4, 0.5) is 27.6 Å². The lowest BCUT2D eigenvalue weighted by molar-refractivity contribution is -0.146. The highest BCUT2D eigenvalue weighted by Crippen LogP contribution is 2.28. The Morgan fingerprint density at radius 3 is 2.46 bits per heavy atom. The minimum Gasteiger partial charge on any atom is -0.320 e. The van der Waals surface area contributed by atoms with Crippen LogP contribution in [-0.4, -0.2) is 31.5 Å². The minimum atomic E-state index is -4.74. The molecule has 3 rings (SSSR count). The van der Waals surface area contributed by atoms with Crippen molar-refractivity contribution < 1.29 is 26.7 Å². The number of nitrogens with one attached hydrogen (secondary N) is 1. The number of thioether (sulfide) groups is 1. The molecule has 6 nitrogen and oxygen atoms in total. The fourth-order valence-corrected chi connectivity index (χ4v) is 2.61. The smallest absolute Gasteiger partial charge is 0.320 e.